The van der Waals surface area contributed by atoms with E-state index in [9.17, 15) is 14.0 Å². The van der Waals surface area contributed by atoms with E-state index < -0.39 is 11.7 Å². The van der Waals surface area contributed by atoms with Crippen LogP contribution in [-0.4, -0.2) is 52.1 Å². The summed E-state index contributed by atoms with van der Waals surface area (Å²) in [5.41, 5.74) is 2.40. The summed E-state index contributed by atoms with van der Waals surface area (Å²) in [6, 6.07) is 19.6. The fraction of sp³-hybridized carbons (Fsp3) is 0.207. The summed E-state index contributed by atoms with van der Waals surface area (Å²) in [6.07, 6.45) is 3.30. The average molecular weight is 567 g/mol. The van der Waals surface area contributed by atoms with E-state index in [1.54, 1.807) is 41.1 Å². The van der Waals surface area contributed by atoms with Crippen LogP contribution < -0.4 is 5.32 Å². The van der Waals surface area contributed by atoms with Gasteiger partial charge in [-0.05, 0) is 67.4 Å². The lowest BCUT2D eigenvalue weighted by molar-refractivity contribution is -0.117. The number of imidazole rings is 1. The van der Waals surface area contributed by atoms with Crippen molar-refractivity contribution in [2.24, 2.45) is 0 Å². The predicted octanol–water partition coefficient (Wildman–Crippen LogP) is 6.25. The van der Waals surface area contributed by atoms with Gasteiger partial charge in [-0.2, -0.15) is 0 Å². The van der Waals surface area contributed by atoms with Gasteiger partial charge in [-0.25, -0.2) is 9.37 Å². The van der Waals surface area contributed by atoms with Crippen molar-refractivity contribution in [1.29, 1.82) is 0 Å². The zero-order valence-electron chi connectivity index (χ0n) is 20.8. The first-order chi connectivity index (χ1) is 18.9. The first-order valence-corrected chi connectivity index (χ1v) is 13.2. The van der Waals surface area contributed by atoms with E-state index >= 15 is 0 Å². The Hall–Kier alpha value is -3.72. The third kappa shape index (κ3) is 6.65. The van der Waals surface area contributed by atoms with Crippen LogP contribution in [0.1, 0.15) is 23.2 Å². The molecule has 0 aliphatic carbocycles. The third-order valence-electron chi connectivity index (χ3n) is 6.34. The number of halogens is 3. The van der Waals surface area contributed by atoms with Crippen LogP contribution in [0.3, 0.4) is 0 Å². The molecule has 4 aromatic rings. The molecule has 0 radical (unpaired) electrons. The molecule has 200 valence electrons. The van der Waals surface area contributed by atoms with Crippen molar-refractivity contribution in [2.45, 2.75) is 18.9 Å². The highest BCUT2D eigenvalue weighted by Gasteiger charge is 2.26. The van der Waals surface area contributed by atoms with Crippen molar-refractivity contribution >= 4 is 41.0 Å². The second-order valence-electron chi connectivity index (χ2n) is 9.18. The molecule has 0 unspecified atom stereocenters. The highest BCUT2D eigenvalue weighted by atomic mass is 35.5. The number of carbonyl (C=O) groups excluding carboxylic acids is 2. The monoisotopic (exact) mass is 566 g/mol. The Kier molecular flexibility index (Phi) is 8.26. The summed E-state index contributed by atoms with van der Waals surface area (Å²) in [5, 5.41) is 3.97. The van der Waals surface area contributed by atoms with Crippen molar-refractivity contribution < 1.29 is 18.7 Å². The smallest absolute Gasteiger partial charge is 0.254 e. The number of hydrogen-bond donors (Lipinski definition) is 1. The summed E-state index contributed by atoms with van der Waals surface area (Å²) in [4.78, 5) is 32.7. The molecule has 3 aromatic carbocycles. The van der Waals surface area contributed by atoms with Gasteiger partial charge in [-0.15, -0.1) is 0 Å². The van der Waals surface area contributed by atoms with Crippen molar-refractivity contribution in [2.75, 3.05) is 25.0 Å². The number of aromatic nitrogens is 2. The molecule has 2 amide bonds. The Morgan fingerprint density at radius 2 is 1.82 bits per heavy atom. The molecule has 1 N–H and O–H groups in total. The molecule has 0 bridgehead atoms. The summed E-state index contributed by atoms with van der Waals surface area (Å²) < 4.78 is 20.9. The van der Waals surface area contributed by atoms with Gasteiger partial charge < -0.3 is 9.64 Å². The molecule has 5 rings (SSSR count). The van der Waals surface area contributed by atoms with Gasteiger partial charge in [-0.3, -0.25) is 19.5 Å². The fourth-order valence-electron chi connectivity index (χ4n) is 4.42. The molecule has 10 heteroatoms. The van der Waals surface area contributed by atoms with Crippen molar-refractivity contribution in [3.63, 3.8) is 0 Å². The van der Waals surface area contributed by atoms with Gasteiger partial charge in [0.15, 0.2) is 0 Å². The van der Waals surface area contributed by atoms with Gasteiger partial charge in [0.1, 0.15) is 12.4 Å². The van der Waals surface area contributed by atoms with Crippen LogP contribution >= 0.6 is 23.2 Å². The van der Waals surface area contributed by atoms with Gasteiger partial charge in [0.25, 0.3) is 5.91 Å². The number of anilines is 1. The second-order valence-corrected chi connectivity index (χ2v) is 10.1. The molecule has 1 aliphatic heterocycles. The van der Waals surface area contributed by atoms with E-state index in [1.165, 1.54) is 29.2 Å². The van der Waals surface area contributed by atoms with E-state index in [4.69, 9.17) is 27.9 Å². The lowest BCUT2D eigenvalue weighted by Gasteiger charge is -2.25. The number of hydrogen-bond acceptors (Lipinski definition) is 4. The van der Waals surface area contributed by atoms with Gasteiger partial charge in [0.05, 0.1) is 11.8 Å². The predicted molar refractivity (Wildman–Crippen MR) is 149 cm³/mol. The molecule has 0 saturated carbocycles. The van der Waals surface area contributed by atoms with Crippen LogP contribution in [0.15, 0.2) is 79.0 Å². The Morgan fingerprint density at radius 3 is 2.51 bits per heavy atom. The normalized spacial score (nSPS) is 14.8. The maximum absolute atomic E-state index is 13.4. The number of carbonyl (C=O) groups is 2. The van der Waals surface area contributed by atoms with Gasteiger partial charge >= 0.3 is 0 Å². The van der Waals surface area contributed by atoms with Crippen molar-refractivity contribution in [1.82, 2.24) is 14.5 Å². The molecule has 1 atom stereocenters. The molecule has 1 saturated heterocycles. The van der Waals surface area contributed by atoms with Crippen LogP contribution in [0.5, 0.6) is 0 Å². The summed E-state index contributed by atoms with van der Waals surface area (Å²) >= 11 is 12.3. The number of benzene rings is 3. The number of nitrogens with zero attached hydrogens (tertiary/aromatic N) is 3. The zero-order valence-corrected chi connectivity index (χ0v) is 22.3. The molecule has 1 aromatic heterocycles. The maximum atomic E-state index is 13.4. The minimum absolute atomic E-state index is 0.174. The Bertz CT molecular complexity index is 1470. The van der Waals surface area contributed by atoms with E-state index in [1.807, 2.05) is 18.2 Å². The standard InChI is InChI=1S/C29H25Cl2FN4O3/c30-21-10-6-19(7-11-21)26-17-36(24-4-1-3-22(31)15-24)29(33-26)34-27(37)18-35(16-25-5-2-14-39-25)28(38)20-8-12-23(32)13-9-20/h1,3-4,6-13,15,17,25H,2,5,14,16,18H2,(H,33,34,37)/t25-/m1/s1. The largest absolute Gasteiger partial charge is 0.376 e. The van der Waals surface area contributed by atoms with Crippen LogP contribution in [0.4, 0.5) is 10.3 Å². The second kappa shape index (κ2) is 12.0. The molecular weight excluding hydrogens is 542 g/mol. The summed E-state index contributed by atoms with van der Waals surface area (Å²) in [5.74, 6) is -1.02. The van der Waals surface area contributed by atoms with Gasteiger partial charge in [0, 0.05) is 46.2 Å². The van der Waals surface area contributed by atoms with Crippen molar-refractivity contribution in [3.05, 3.63) is 100 Å². The lowest BCUT2D eigenvalue weighted by Crippen LogP contribution is -2.42. The van der Waals surface area contributed by atoms with E-state index in [0.29, 0.717) is 28.0 Å². The third-order valence-corrected chi connectivity index (χ3v) is 6.83. The fourth-order valence-corrected chi connectivity index (χ4v) is 4.73. The molecule has 39 heavy (non-hydrogen) atoms. The van der Waals surface area contributed by atoms with Crippen LogP contribution in [0.25, 0.3) is 16.9 Å². The average Bonchev–Trinajstić information content (AvgIpc) is 3.59. The highest BCUT2D eigenvalue weighted by Crippen LogP contribution is 2.27. The summed E-state index contributed by atoms with van der Waals surface area (Å²) in [7, 11) is 0. The lowest BCUT2D eigenvalue weighted by atomic mass is 10.1. The first-order valence-electron chi connectivity index (χ1n) is 12.4. The summed E-state index contributed by atoms with van der Waals surface area (Å²) in [6.45, 7) is 0.608. The van der Waals surface area contributed by atoms with Crippen LogP contribution in [0.2, 0.25) is 10.0 Å². The zero-order chi connectivity index (χ0) is 27.4. The Morgan fingerprint density at radius 1 is 1.05 bits per heavy atom. The molecule has 7 nitrogen and oxygen atoms in total. The minimum atomic E-state index is -0.445. The number of amides is 2. The molecule has 1 aliphatic rings. The molecule has 0 spiro atoms. The SMILES string of the molecule is O=C(CN(C[C@H]1CCCO1)C(=O)c1ccc(F)cc1)Nc1nc(-c2ccc(Cl)cc2)cn1-c1cccc(Cl)c1. The minimum Gasteiger partial charge on any atom is -0.376 e. The number of nitrogens with one attached hydrogen (secondary N) is 1. The molecule has 1 fully saturated rings. The highest BCUT2D eigenvalue weighted by molar-refractivity contribution is 6.31. The van der Waals surface area contributed by atoms with Crippen molar-refractivity contribution in [3.8, 4) is 16.9 Å². The van der Waals surface area contributed by atoms with E-state index in [-0.39, 0.29) is 36.6 Å². The number of rotatable bonds is 8. The van der Waals surface area contributed by atoms with E-state index in [2.05, 4.69) is 10.3 Å². The quantitative estimate of drug-likeness (QED) is 0.273. The van der Waals surface area contributed by atoms with Crippen LogP contribution in [0, 0.1) is 5.82 Å². The Balaban J connectivity index is 1.41. The topological polar surface area (TPSA) is 76.5 Å². The van der Waals surface area contributed by atoms with Gasteiger partial charge in [-0.1, -0.05) is 41.4 Å². The van der Waals surface area contributed by atoms with E-state index in [0.717, 1.165) is 18.4 Å². The van der Waals surface area contributed by atoms with Gasteiger partial charge in [0.2, 0.25) is 11.9 Å². The Labute approximate surface area is 235 Å². The molecule has 2 heterocycles. The maximum Gasteiger partial charge on any atom is 0.254 e. The van der Waals surface area contributed by atoms with Crippen LogP contribution in [-0.2, 0) is 9.53 Å². The first kappa shape index (κ1) is 26.9. The molecular formula is C29H25Cl2FN4O3. The number of ether oxygens (including phenoxy) is 1.